The Hall–Kier alpha value is -1.07. The van der Waals surface area contributed by atoms with Crippen molar-refractivity contribution < 1.29 is 4.74 Å². The number of piperidine rings is 1. The molecule has 2 aliphatic heterocycles. The van der Waals surface area contributed by atoms with Crippen molar-refractivity contribution in [3.63, 3.8) is 0 Å². The van der Waals surface area contributed by atoms with E-state index in [-0.39, 0.29) is 5.56 Å². The molecule has 0 amide bonds. The van der Waals surface area contributed by atoms with Crippen LogP contribution in [0.2, 0.25) is 0 Å². The van der Waals surface area contributed by atoms with Crippen molar-refractivity contribution in [2.75, 3.05) is 19.7 Å². The van der Waals surface area contributed by atoms with E-state index >= 15 is 0 Å². The van der Waals surface area contributed by atoms with E-state index in [1.54, 1.807) is 0 Å². The van der Waals surface area contributed by atoms with Crippen molar-refractivity contribution in [3.05, 3.63) is 21.6 Å². The highest BCUT2D eigenvalue weighted by Crippen LogP contribution is 2.22. The molecule has 0 radical (unpaired) electrons. The molecule has 0 saturated carbocycles. The Morgan fingerprint density at radius 3 is 2.94 bits per heavy atom. The molecule has 2 aliphatic rings. The topological polar surface area (TPSA) is 59.0 Å². The van der Waals surface area contributed by atoms with E-state index < -0.39 is 0 Å². The SMILES string of the molecule is O=c1[nH]n(C2CCNCC2)c2c1CCOC2. The van der Waals surface area contributed by atoms with Gasteiger partial charge in [0.15, 0.2) is 0 Å². The fourth-order valence-corrected chi connectivity index (χ4v) is 2.65. The van der Waals surface area contributed by atoms with Crippen LogP contribution in [0.15, 0.2) is 4.79 Å². The molecule has 3 rings (SSSR count). The summed E-state index contributed by atoms with van der Waals surface area (Å²) in [5.41, 5.74) is 2.09. The molecule has 3 heterocycles. The average molecular weight is 223 g/mol. The molecule has 5 nitrogen and oxygen atoms in total. The first-order chi connectivity index (χ1) is 7.86. The molecule has 1 saturated heterocycles. The fraction of sp³-hybridized carbons (Fsp3) is 0.727. The second kappa shape index (κ2) is 4.07. The summed E-state index contributed by atoms with van der Waals surface area (Å²) in [5.74, 6) is 0. The van der Waals surface area contributed by atoms with Gasteiger partial charge in [-0.25, -0.2) is 0 Å². The number of fused-ring (bicyclic) bond motifs is 1. The number of H-pyrrole nitrogens is 1. The summed E-state index contributed by atoms with van der Waals surface area (Å²) in [5, 5.41) is 6.31. The lowest BCUT2D eigenvalue weighted by Gasteiger charge is -2.26. The molecule has 2 N–H and O–H groups in total. The first-order valence-corrected chi connectivity index (χ1v) is 5.97. The minimum absolute atomic E-state index is 0.0804. The molecule has 1 aromatic rings. The summed E-state index contributed by atoms with van der Waals surface area (Å²) in [4.78, 5) is 11.8. The zero-order chi connectivity index (χ0) is 11.0. The average Bonchev–Trinajstić information content (AvgIpc) is 2.69. The third-order valence-electron chi connectivity index (χ3n) is 3.54. The molecule has 0 atom stereocenters. The predicted octanol–water partition coefficient (Wildman–Crippen LogP) is 0.174. The highest BCUT2D eigenvalue weighted by atomic mass is 16.5. The van der Waals surface area contributed by atoms with Gasteiger partial charge in [0.05, 0.1) is 24.9 Å². The first-order valence-electron chi connectivity index (χ1n) is 5.97. The van der Waals surface area contributed by atoms with Crippen LogP contribution in [0.3, 0.4) is 0 Å². The van der Waals surface area contributed by atoms with E-state index in [1.165, 1.54) is 0 Å². The molecular weight excluding hydrogens is 206 g/mol. The molecule has 0 spiro atoms. The lowest BCUT2D eigenvalue weighted by atomic mass is 10.1. The zero-order valence-electron chi connectivity index (χ0n) is 9.29. The molecule has 0 aromatic carbocycles. The smallest absolute Gasteiger partial charge is 0.267 e. The maximum atomic E-state index is 11.8. The Bertz CT molecular complexity index is 429. The quantitative estimate of drug-likeness (QED) is 0.713. The minimum Gasteiger partial charge on any atom is -0.375 e. The van der Waals surface area contributed by atoms with Crippen LogP contribution in [-0.4, -0.2) is 29.5 Å². The minimum atomic E-state index is 0.0804. The van der Waals surface area contributed by atoms with Crippen LogP contribution in [0.5, 0.6) is 0 Å². The van der Waals surface area contributed by atoms with Crippen LogP contribution in [0, 0.1) is 0 Å². The first kappa shape index (κ1) is 10.1. The maximum Gasteiger partial charge on any atom is 0.267 e. The fourth-order valence-electron chi connectivity index (χ4n) is 2.65. The number of nitrogens with one attached hydrogen (secondary N) is 2. The lowest BCUT2D eigenvalue weighted by Crippen LogP contribution is -2.31. The third-order valence-corrected chi connectivity index (χ3v) is 3.54. The van der Waals surface area contributed by atoms with E-state index in [4.69, 9.17) is 4.74 Å². The van der Waals surface area contributed by atoms with Gasteiger partial charge in [-0.2, -0.15) is 0 Å². The Balaban J connectivity index is 1.97. The number of rotatable bonds is 1. The Morgan fingerprint density at radius 2 is 2.12 bits per heavy atom. The molecule has 0 unspecified atom stereocenters. The van der Waals surface area contributed by atoms with Crippen molar-refractivity contribution in [3.8, 4) is 0 Å². The van der Waals surface area contributed by atoms with Crippen LogP contribution in [0.25, 0.3) is 0 Å². The number of hydrogen-bond donors (Lipinski definition) is 2. The van der Waals surface area contributed by atoms with Crippen LogP contribution < -0.4 is 10.9 Å². The molecule has 0 bridgehead atoms. The van der Waals surface area contributed by atoms with Gasteiger partial charge in [-0.05, 0) is 25.9 Å². The Labute approximate surface area is 93.8 Å². The third kappa shape index (κ3) is 1.60. The lowest BCUT2D eigenvalue weighted by molar-refractivity contribution is 0.101. The second-order valence-electron chi connectivity index (χ2n) is 4.52. The monoisotopic (exact) mass is 223 g/mol. The van der Waals surface area contributed by atoms with Gasteiger partial charge >= 0.3 is 0 Å². The van der Waals surface area contributed by atoms with Gasteiger partial charge in [0.2, 0.25) is 0 Å². The standard InChI is InChI=1S/C11H17N3O2/c15-11-9-3-6-16-7-10(9)14(13-11)8-1-4-12-5-2-8/h8,12H,1-7H2,(H,13,15). The molecular formula is C11H17N3O2. The second-order valence-corrected chi connectivity index (χ2v) is 4.52. The van der Waals surface area contributed by atoms with Crippen LogP contribution >= 0.6 is 0 Å². The largest absolute Gasteiger partial charge is 0.375 e. The van der Waals surface area contributed by atoms with Crippen LogP contribution in [-0.2, 0) is 17.8 Å². The van der Waals surface area contributed by atoms with Crippen LogP contribution in [0.1, 0.15) is 30.1 Å². The normalized spacial score (nSPS) is 22.0. The number of ether oxygens (including phenoxy) is 1. The van der Waals surface area contributed by atoms with Crippen molar-refractivity contribution >= 4 is 0 Å². The number of hydrogen-bond acceptors (Lipinski definition) is 3. The number of nitrogens with zero attached hydrogens (tertiary/aromatic N) is 1. The van der Waals surface area contributed by atoms with Gasteiger partial charge in [0, 0.05) is 12.0 Å². The van der Waals surface area contributed by atoms with Gasteiger partial charge in [0.25, 0.3) is 5.56 Å². The van der Waals surface area contributed by atoms with Gasteiger partial charge < -0.3 is 10.1 Å². The molecule has 1 aromatic heterocycles. The maximum absolute atomic E-state index is 11.8. The van der Waals surface area contributed by atoms with E-state index in [0.717, 1.165) is 43.6 Å². The summed E-state index contributed by atoms with van der Waals surface area (Å²) in [6.45, 7) is 3.31. The van der Waals surface area contributed by atoms with Gasteiger partial charge in [-0.3, -0.25) is 14.6 Å². The molecule has 88 valence electrons. The number of aromatic nitrogens is 2. The van der Waals surface area contributed by atoms with Gasteiger partial charge in [-0.15, -0.1) is 0 Å². The molecule has 16 heavy (non-hydrogen) atoms. The summed E-state index contributed by atoms with van der Waals surface area (Å²) >= 11 is 0. The van der Waals surface area contributed by atoms with Crippen molar-refractivity contribution in [1.29, 1.82) is 0 Å². The predicted molar refractivity (Wildman–Crippen MR) is 59.6 cm³/mol. The van der Waals surface area contributed by atoms with Crippen molar-refractivity contribution in [2.24, 2.45) is 0 Å². The number of aromatic amines is 1. The summed E-state index contributed by atoms with van der Waals surface area (Å²) in [6.07, 6.45) is 2.91. The Morgan fingerprint density at radius 1 is 1.31 bits per heavy atom. The zero-order valence-corrected chi connectivity index (χ0v) is 9.29. The summed E-state index contributed by atoms with van der Waals surface area (Å²) < 4.78 is 7.50. The van der Waals surface area contributed by atoms with Gasteiger partial charge in [0.1, 0.15) is 0 Å². The molecule has 1 fully saturated rings. The summed E-state index contributed by atoms with van der Waals surface area (Å²) in [7, 11) is 0. The summed E-state index contributed by atoms with van der Waals surface area (Å²) in [6, 6.07) is 0.430. The Kier molecular flexibility index (Phi) is 2.57. The van der Waals surface area contributed by atoms with Crippen LogP contribution in [0.4, 0.5) is 0 Å². The van der Waals surface area contributed by atoms with Crippen molar-refractivity contribution in [1.82, 2.24) is 15.1 Å². The molecule has 0 aliphatic carbocycles. The van der Waals surface area contributed by atoms with E-state index in [0.29, 0.717) is 19.3 Å². The van der Waals surface area contributed by atoms with E-state index in [2.05, 4.69) is 15.1 Å². The van der Waals surface area contributed by atoms with Crippen molar-refractivity contribution in [2.45, 2.75) is 31.9 Å². The van der Waals surface area contributed by atoms with Gasteiger partial charge in [-0.1, -0.05) is 0 Å². The highest BCUT2D eigenvalue weighted by molar-refractivity contribution is 5.20. The van der Waals surface area contributed by atoms with E-state index in [1.807, 2.05) is 0 Å². The molecule has 5 heteroatoms. The van der Waals surface area contributed by atoms with E-state index in [9.17, 15) is 4.79 Å². The highest BCUT2D eigenvalue weighted by Gasteiger charge is 2.24.